The minimum atomic E-state index is -0.0311. The molecule has 0 unspecified atom stereocenters. The van der Waals surface area contributed by atoms with Crippen LogP contribution in [0.15, 0.2) is 55.0 Å². The van der Waals surface area contributed by atoms with Crippen molar-refractivity contribution in [1.82, 2.24) is 14.5 Å². The molecule has 5 nitrogen and oxygen atoms in total. The van der Waals surface area contributed by atoms with Crippen LogP contribution in [-0.4, -0.2) is 20.4 Å². The second-order valence-electron chi connectivity index (χ2n) is 6.31. The summed E-state index contributed by atoms with van der Waals surface area (Å²) in [7, 11) is 0. The van der Waals surface area contributed by atoms with Crippen LogP contribution < -0.4 is 5.32 Å². The molecule has 2 heterocycles. The Morgan fingerprint density at radius 1 is 1.04 bits per heavy atom. The van der Waals surface area contributed by atoms with Crippen molar-refractivity contribution < 1.29 is 4.79 Å². The van der Waals surface area contributed by atoms with Gasteiger partial charge in [0.2, 0.25) is 5.91 Å². The molecule has 126 valence electrons. The van der Waals surface area contributed by atoms with Crippen LogP contribution >= 0.6 is 0 Å². The van der Waals surface area contributed by atoms with E-state index in [9.17, 15) is 4.79 Å². The summed E-state index contributed by atoms with van der Waals surface area (Å²) < 4.78 is 1.98. The Bertz CT molecular complexity index is 868. The molecule has 0 radical (unpaired) electrons. The predicted molar refractivity (Wildman–Crippen MR) is 97.2 cm³/mol. The average Bonchev–Trinajstić information content (AvgIpc) is 3.06. The van der Waals surface area contributed by atoms with Gasteiger partial charge in [0, 0.05) is 23.1 Å². The number of amides is 1. The van der Waals surface area contributed by atoms with Gasteiger partial charge in [-0.15, -0.1) is 0 Å². The molecule has 1 aliphatic rings. The molecule has 1 N–H and O–H groups in total. The fourth-order valence-electron chi connectivity index (χ4n) is 3.28. The lowest BCUT2D eigenvalue weighted by Gasteiger charge is -2.14. The van der Waals surface area contributed by atoms with Gasteiger partial charge in [0.25, 0.3) is 0 Å². The Hall–Kier alpha value is -2.95. The second kappa shape index (κ2) is 6.89. The minimum absolute atomic E-state index is 0.0311. The first-order valence-electron chi connectivity index (χ1n) is 8.64. The number of imidazole rings is 1. The zero-order valence-corrected chi connectivity index (χ0v) is 14.0. The highest BCUT2D eigenvalue weighted by atomic mass is 16.1. The normalized spacial score (nSPS) is 13.3. The summed E-state index contributed by atoms with van der Waals surface area (Å²) in [6.07, 6.45) is 7.98. The third-order valence-corrected chi connectivity index (χ3v) is 4.55. The Labute approximate surface area is 146 Å². The van der Waals surface area contributed by atoms with Gasteiger partial charge in [0.1, 0.15) is 6.54 Å². The van der Waals surface area contributed by atoms with Crippen molar-refractivity contribution in [2.45, 2.75) is 32.2 Å². The van der Waals surface area contributed by atoms with Crippen molar-refractivity contribution in [2.75, 3.05) is 5.32 Å². The van der Waals surface area contributed by atoms with Gasteiger partial charge in [-0.25, -0.2) is 4.98 Å². The van der Waals surface area contributed by atoms with Crippen molar-refractivity contribution in [3.8, 4) is 11.3 Å². The molecule has 0 atom stereocenters. The second-order valence-corrected chi connectivity index (χ2v) is 6.31. The summed E-state index contributed by atoms with van der Waals surface area (Å²) >= 11 is 0. The highest BCUT2D eigenvalue weighted by Gasteiger charge is 2.16. The van der Waals surface area contributed by atoms with Crippen LogP contribution in [0.5, 0.6) is 0 Å². The molecule has 5 heteroatoms. The fraction of sp³-hybridized carbons (Fsp3) is 0.250. The number of carbonyl (C=O) groups is 1. The highest BCUT2D eigenvalue weighted by Crippen LogP contribution is 2.21. The first kappa shape index (κ1) is 15.6. The number of hydrogen-bond donors (Lipinski definition) is 1. The topological polar surface area (TPSA) is 59.8 Å². The van der Waals surface area contributed by atoms with Crippen LogP contribution in [0.4, 0.5) is 5.69 Å². The molecule has 0 fully saturated rings. The van der Waals surface area contributed by atoms with Gasteiger partial charge in [-0.1, -0.05) is 18.2 Å². The van der Waals surface area contributed by atoms with E-state index in [0.717, 1.165) is 35.5 Å². The lowest BCUT2D eigenvalue weighted by molar-refractivity contribution is -0.116. The molecule has 1 amide bonds. The monoisotopic (exact) mass is 332 g/mol. The first-order valence-corrected chi connectivity index (χ1v) is 8.64. The van der Waals surface area contributed by atoms with Crippen molar-refractivity contribution in [1.29, 1.82) is 0 Å². The molecule has 0 saturated carbocycles. The number of aryl methyl sites for hydroxylation is 1. The molecule has 0 aliphatic heterocycles. The van der Waals surface area contributed by atoms with E-state index >= 15 is 0 Å². The van der Waals surface area contributed by atoms with E-state index in [4.69, 9.17) is 0 Å². The first-order chi connectivity index (χ1) is 12.3. The molecule has 1 aromatic carbocycles. The number of hydrogen-bond acceptors (Lipinski definition) is 3. The van der Waals surface area contributed by atoms with E-state index < -0.39 is 0 Å². The number of pyridine rings is 1. The number of nitrogens with one attached hydrogen (secondary N) is 1. The van der Waals surface area contributed by atoms with Gasteiger partial charge >= 0.3 is 0 Å². The standard InChI is InChI=1S/C20H20N4O/c25-20(13-24-14-22-18-6-1-2-7-19(18)24)23-16-10-8-15(9-11-16)17-5-3-4-12-21-17/h3-5,8-12,14H,1-2,6-7,13H2,(H,23,25). The van der Waals surface area contributed by atoms with E-state index in [1.807, 2.05) is 47.0 Å². The van der Waals surface area contributed by atoms with E-state index in [1.165, 1.54) is 18.5 Å². The number of carbonyl (C=O) groups excluding carboxylic acids is 1. The minimum Gasteiger partial charge on any atom is -0.325 e. The van der Waals surface area contributed by atoms with Gasteiger partial charge in [-0.05, 0) is 49.9 Å². The van der Waals surface area contributed by atoms with Gasteiger partial charge < -0.3 is 9.88 Å². The molecular formula is C20H20N4O. The molecule has 2 aromatic heterocycles. The average molecular weight is 332 g/mol. The molecular weight excluding hydrogens is 312 g/mol. The summed E-state index contributed by atoms with van der Waals surface area (Å²) in [6.45, 7) is 0.310. The largest absolute Gasteiger partial charge is 0.325 e. The van der Waals surface area contributed by atoms with Crippen molar-refractivity contribution in [2.24, 2.45) is 0 Å². The van der Waals surface area contributed by atoms with Gasteiger partial charge in [-0.3, -0.25) is 9.78 Å². The van der Waals surface area contributed by atoms with Crippen LogP contribution in [0, 0.1) is 0 Å². The van der Waals surface area contributed by atoms with E-state index in [0.29, 0.717) is 6.54 Å². The lowest BCUT2D eigenvalue weighted by Crippen LogP contribution is -2.20. The zero-order valence-electron chi connectivity index (χ0n) is 14.0. The van der Waals surface area contributed by atoms with Gasteiger partial charge in [-0.2, -0.15) is 0 Å². The number of anilines is 1. The molecule has 4 rings (SSSR count). The summed E-state index contributed by atoms with van der Waals surface area (Å²) in [6, 6.07) is 13.6. The third-order valence-electron chi connectivity index (χ3n) is 4.55. The third kappa shape index (κ3) is 3.45. The molecule has 3 aromatic rings. The summed E-state index contributed by atoms with van der Waals surface area (Å²) in [5, 5.41) is 2.96. The number of nitrogens with zero attached hydrogens (tertiary/aromatic N) is 3. The molecule has 1 aliphatic carbocycles. The number of fused-ring (bicyclic) bond motifs is 1. The van der Waals surface area contributed by atoms with Gasteiger partial charge in [0.15, 0.2) is 0 Å². The van der Waals surface area contributed by atoms with Crippen LogP contribution in [0.1, 0.15) is 24.2 Å². The van der Waals surface area contributed by atoms with Crippen LogP contribution in [0.3, 0.4) is 0 Å². The van der Waals surface area contributed by atoms with Crippen LogP contribution in [0.2, 0.25) is 0 Å². The fourth-order valence-corrected chi connectivity index (χ4v) is 3.28. The molecule has 25 heavy (non-hydrogen) atoms. The van der Waals surface area contributed by atoms with E-state index in [-0.39, 0.29) is 5.91 Å². The maximum atomic E-state index is 12.3. The molecule has 0 bridgehead atoms. The zero-order chi connectivity index (χ0) is 17.1. The maximum absolute atomic E-state index is 12.3. The Morgan fingerprint density at radius 2 is 1.88 bits per heavy atom. The lowest BCUT2D eigenvalue weighted by atomic mass is 10.0. The van der Waals surface area contributed by atoms with Crippen molar-refractivity contribution in [3.05, 3.63) is 66.4 Å². The summed E-state index contributed by atoms with van der Waals surface area (Å²) in [5.74, 6) is -0.0311. The van der Waals surface area contributed by atoms with Gasteiger partial charge in [0.05, 0.1) is 17.7 Å². The van der Waals surface area contributed by atoms with Crippen molar-refractivity contribution in [3.63, 3.8) is 0 Å². The predicted octanol–water partition coefficient (Wildman–Crippen LogP) is 3.46. The maximum Gasteiger partial charge on any atom is 0.244 e. The van der Waals surface area contributed by atoms with Crippen LogP contribution in [0.25, 0.3) is 11.3 Å². The quantitative estimate of drug-likeness (QED) is 0.796. The highest BCUT2D eigenvalue weighted by molar-refractivity contribution is 5.90. The number of aromatic nitrogens is 3. The number of benzene rings is 1. The Balaban J connectivity index is 1.42. The van der Waals surface area contributed by atoms with E-state index in [2.05, 4.69) is 15.3 Å². The Kier molecular flexibility index (Phi) is 4.29. The number of rotatable bonds is 4. The SMILES string of the molecule is O=C(Cn1cnc2c1CCCC2)Nc1ccc(-c2ccccn2)cc1. The molecule has 0 saturated heterocycles. The molecule has 0 spiro atoms. The summed E-state index contributed by atoms with van der Waals surface area (Å²) in [5.41, 5.74) is 5.11. The summed E-state index contributed by atoms with van der Waals surface area (Å²) in [4.78, 5) is 21.1. The van der Waals surface area contributed by atoms with Crippen LogP contribution in [-0.2, 0) is 24.2 Å². The Morgan fingerprint density at radius 3 is 2.68 bits per heavy atom. The van der Waals surface area contributed by atoms with E-state index in [1.54, 1.807) is 12.5 Å². The van der Waals surface area contributed by atoms with Crippen molar-refractivity contribution >= 4 is 11.6 Å². The smallest absolute Gasteiger partial charge is 0.244 e.